The second-order valence-electron chi connectivity index (χ2n) is 13.5. The molecular formula is C47H46F6N3O4P3Ru+2. The molecule has 0 fully saturated rings. The number of aromatic carboxylic acids is 1. The summed E-state index contributed by atoms with van der Waals surface area (Å²) in [5.41, 5.74) is 1.70. The normalized spacial score (nSPS) is 11.6. The van der Waals surface area contributed by atoms with Crippen molar-refractivity contribution in [1.29, 1.82) is 0 Å². The summed E-state index contributed by atoms with van der Waals surface area (Å²) in [6, 6.07) is 58.7. The number of nitrogens with zero attached hydrogens (tertiary/aromatic N) is 3. The number of esters is 1. The molecule has 3 heterocycles. The summed E-state index contributed by atoms with van der Waals surface area (Å²) in [4.78, 5) is 33.4. The van der Waals surface area contributed by atoms with Crippen LogP contribution < -0.4 is 26.3 Å². The van der Waals surface area contributed by atoms with Gasteiger partial charge in [-0.25, -0.2) is 4.79 Å². The minimum atomic E-state index is -10.7. The minimum Gasteiger partial charge on any atom is -0.255 e. The Kier molecular flexibility index (Phi) is 21.0. The van der Waals surface area contributed by atoms with Crippen molar-refractivity contribution < 1.29 is 64.1 Å². The minimum absolute atomic E-state index is 0. The third kappa shape index (κ3) is 21.4. The molecular weight excluding hydrogens is 979 g/mol. The van der Waals surface area contributed by atoms with Crippen molar-refractivity contribution in [2.75, 3.05) is 18.9 Å². The van der Waals surface area contributed by atoms with Crippen LogP contribution in [0.4, 0.5) is 25.2 Å². The molecule has 7 aromatic rings. The van der Waals surface area contributed by atoms with Gasteiger partial charge < -0.3 is 14.6 Å². The molecule has 0 bridgehead atoms. The first kappa shape index (κ1) is 53.1. The van der Waals surface area contributed by atoms with Crippen LogP contribution in [0.1, 0.15) is 40.6 Å². The summed E-state index contributed by atoms with van der Waals surface area (Å²) in [5, 5.41) is 16.5. The first-order valence-corrected chi connectivity index (χ1v) is 25.1. The Balaban J connectivity index is 0.000000265. The maximum atomic E-state index is 11.2. The number of hydrogen-bond acceptors (Lipinski definition) is 7. The number of carbonyl (C=O) groups is 2. The molecule has 0 aliphatic carbocycles. The number of ether oxygens (including phenoxy) is 1. The van der Waals surface area contributed by atoms with E-state index in [2.05, 4.69) is 141 Å². The van der Waals surface area contributed by atoms with Crippen LogP contribution in [0.5, 0.6) is 0 Å². The number of carbonyl (C=O) groups excluding carboxylic acids is 2. The molecule has 64 heavy (non-hydrogen) atoms. The van der Waals surface area contributed by atoms with Crippen molar-refractivity contribution in [2.45, 2.75) is 19.8 Å². The predicted molar refractivity (Wildman–Crippen MR) is 245 cm³/mol. The predicted octanol–water partition coefficient (Wildman–Crippen LogP) is 10.6. The molecule has 336 valence electrons. The van der Waals surface area contributed by atoms with E-state index >= 15 is 0 Å². The zero-order valence-electron chi connectivity index (χ0n) is 34.5. The van der Waals surface area contributed by atoms with Gasteiger partial charge in [-0.15, -0.1) is 0 Å². The van der Waals surface area contributed by atoms with Gasteiger partial charge in [0.05, 0.1) is 84.6 Å². The maximum Gasteiger partial charge on any atom is 2.00 e. The molecule has 0 saturated carbocycles. The van der Waals surface area contributed by atoms with E-state index in [1.165, 1.54) is 58.6 Å². The van der Waals surface area contributed by atoms with E-state index in [1.807, 2.05) is 36.4 Å². The number of benzene rings is 4. The van der Waals surface area contributed by atoms with Crippen molar-refractivity contribution in [3.05, 3.63) is 200 Å². The Morgan fingerprint density at radius 1 is 0.531 bits per heavy atom. The van der Waals surface area contributed by atoms with Gasteiger partial charge in [0.2, 0.25) is 0 Å². The van der Waals surface area contributed by atoms with Crippen LogP contribution in [-0.2, 0) is 24.2 Å². The summed E-state index contributed by atoms with van der Waals surface area (Å²) in [5.74, 6) is -1.99. The number of carboxylic acids is 1. The third-order valence-electron chi connectivity index (χ3n) is 8.66. The number of halogens is 6. The molecule has 7 nitrogen and oxygen atoms in total. The van der Waals surface area contributed by atoms with Crippen molar-refractivity contribution in [3.8, 4) is 11.4 Å². The van der Waals surface area contributed by atoms with Crippen LogP contribution in [0.3, 0.4) is 0 Å². The number of aromatic nitrogens is 3. The van der Waals surface area contributed by atoms with E-state index < -0.39 is 35.6 Å². The van der Waals surface area contributed by atoms with Crippen LogP contribution in [-0.4, -0.2) is 45.8 Å². The van der Waals surface area contributed by atoms with Crippen molar-refractivity contribution in [1.82, 2.24) is 15.0 Å². The SMILES string of the molecule is CCOC(=O)c1ccnc(C(=O)[O-])c1.F[P-](F)(F)(F)(F)F.[Ru+2].c1ccc(-c2ccccn2)nc1.c1ccc([PH+](CCCC[PH+](c2ccccc2)c2ccccc2)c2ccccc2)cc1. The van der Waals surface area contributed by atoms with E-state index in [9.17, 15) is 39.9 Å². The quantitative estimate of drug-likeness (QED) is 0.0372. The van der Waals surface area contributed by atoms with Gasteiger partial charge in [-0.2, -0.15) is 0 Å². The van der Waals surface area contributed by atoms with Gasteiger partial charge in [0.1, 0.15) is 0 Å². The van der Waals surface area contributed by atoms with Crippen LogP contribution in [0.15, 0.2) is 188 Å². The summed E-state index contributed by atoms with van der Waals surface area (Å²) in [6.45, 7) is 1.90. The number of carboxylic acid groups (broad SMARTS) is 1. The molecule has 17 heteroatoms. The van der Waals surface area contributed by atoms with Gasteiger partial charge in [0.25, 0.3) is 0 Å². The maximum absolute atomic E-state index is 11.2. The monoisotopic (exact) mass is 1030 g/mol. The molecule has 0 unspecified atom stereocenters. The summed E-state index contributed by atoms with van der Waals surface area (Å²) in [6.07, 6.45) is 9.96. The number of rotatable bonds is 13. The number of hydrogen-bond donors (Lipinski definition) is 0. The average Bonchev–Trinajstić information content (AvgIpc) is 3.29. The van der Waals surface area contributed by atoms with E-state index in [4.69, 9.17) is 0 Å². The first-order valence-electron chi connectivity index (χ1n) is 19.6. The Labute approximate surface area is 383 Å². The standard InChI is InChI=1S/C28H28P2.C10H8N2.C9H9NO4.F6P.Ru/c1-5-15-25(16-6-1)29(26-17-7-2-8-18-26)23-13-14-24-30(27-19-9-3-10-20-27)28-21-11-4-12-22-28;1-3-7-11-9(5-1)10-6-2-4-8-12-10;1-2-14-9(13)6-3-4-10-7(5-6)8(11)12;1-7(2,3,4,5)6;/h1-12,15-22H,13-14,23-24H2;1-8H;3-5H,2H2,1H3,(H,11,12);;/q;;;-1;+2/p+1. The van der Waals surface area contributed by atoms with E-state index in [0.717, 1.165) is 17.5 Å². The molecule has 7 rings (SSSR count). The third-order valence-corrected chi connectivity index (χ3v) is 14.5. The fourth-order valence-electron chi connectivity index (χ4n) is 5.98. The van der Waals surface area contributed by atoms with E-state index in [-0.39, 0.29) is 37.3 Å². The molecule has 0 N–H and O–H groups in total. The van der Waals surface area contributed by atoms with Gasteiger partial charge in [-0.3, -0.25) is 15.0 Å². The largest absolute Gasteiger partial charge is 2.00 e. The van der Waals surface area contributed by atoms with Crippen LogP contribution in [0.2, 0.25) is 0 Å². The second-order valence-corrected chi connectivity index (χ2v) is 20.6. The first-order chi connectivity index (χ1) is 30.0. The zero-order valence-corrected chi connectivity index (χ0v) is 39.1. The topological polar surface area (TPSA) is 105 Å². The molecule has 0 saturated heterocycles. The van der Waals surface area contributed by atoms with Crippen LogP contribution in [0, 0.1) is 0 Å². The summed E-state index contributed by atoms with van der Waals surface area (Å²) < 4.78 is 63.9. The van der Waals surface area contributed by atoms with Crippen LogP contribution >= 0.6 is 23.7 Å². The van der Waals surface area contributed by atoms with Gasteiger partial charge in [-0.05, 0) is 105 Å². The fourth-order valence-corrected chi connectivity index (χ4v) is 11.4. The van der Waals surface area contributed by atoms with Crippen molar-refractivity contribution in [3.63, 3.8) is 0 Å². The number of unbranched alkanes of at least 4 members (excludes halogenated alkanes) is 1. The second kappa shape index (κ2) is 25.3. The molecule has 4 aromatic carbocycles. The van der Waals surface area contributed by atoms with E-state index in [1.54, 1.807) is 19.3 Å². The summed E-state index contributed by atoms with van der Waals surface area (Å²) >= 11 is 0. The van der Waals surface area contributed by atoms with Gasteiger partial charge in [0.15, 0.2) is 0 Å². The zero-order chi connectivity index (χ0) is 45.6. The Hall–Kier alpha value is -5.24. The summed E-state index contributed by atoms with van der Waals surface area (Å²) in [7, 11) is -12.1. The molecule has 0 spiro atoms. The van der Waals surface area contributed by atoms with Crippen LogP contribution in [0.25, 0.3) is 11.4 Å². The van der Waals surface area contributed by atoms with Gasteiger partial charge in [-0.1, -0.05) is 84.9 Å². The Morgan fingerprint density at radius 2 is 0.875 bits per heavy atom. The van der Waals surface area contributed by atoms with Gasteiger partial charge in [0, 0.05) is 18.6 Å². The molecule has 3 aromatic heterocycles. The smallest absolute Gasteiger partial charge is 0.255 e. The molecule has 0 radical (unpaired) electrons. The van der Waals surface area contributed by atoms with Gasteiger partial charge >= 0.3 is 58.4 Å². The Bertz CT molecular complexity index is 2210. The molecule has 0 atom stereocenters. The average molecular weight is 1020 g/mol. The van der Waals surface area contributed by atoms with Crippen molar-refractivity contribution in [2.24, 2.45) is 0 Å². The number of pyridine rings is 3. The van der Waals surface area contributed by atoms with Crippen molar-refractivity contribution >= 4 is 56.8 Å². The molecule has 0 amide bonds. The molecule has 0 aliphatic rings. The molecule has 0 aliphatic heterocycles. The van der Waals surface area contributed by atoms with E-state index in [0.29, 0.717) is 0 Å². The Morgan fingerprint density at radius 3 is 1.17 bits per heavy atom. The fraction of sp³-hybridized carbons (Fsp3) is 0.128.